The summed E-state index contributed by atoms with van der Waals surface area (Å²) in [6.07, 6.45) is 0. The lowest BCUT2D eigenvalue weighted by molar-refractivity contribution is -0.123. The number of nitrogens with zero attached hydrogens (tertiary/aromatic N) is 1. The number of ether oxygens (including phenoxy) is 3. The molecule has 0 aromatic heterocycles. The van der Waals surface area contributed by atoms with Crippen LogP contribution < -0.4 is 19.6 Å². The molecular formula is C18H18Cl2N2O4. The first-order valence-electron chi connectivity index (χ1n) is 7.58. The third-order valence-corrected chi connectivity index (χ3v) is 3.93. The smallest absolute Gasteiger partial charge is 0.277 e. The number of halogens is 2. The van der Waals surface area contributed by atoms with E-state index in [1.165, 1.54) is 6.07 Å². The molecule has 0 unspecified atom stereocenters. The molecule has 1 N–H and O–H groups in total. The molecule has 26 heavy (non-hydrogen) atoms. The number of methoxy groups -OCH3 is 2. The predicted octanol–water partition coefficient (Wildman–Crippen LogP) is 3.93. The molecule has 0 saturated carbocycles. The van der Waals surface area contributed by atoms with Gasteiger partial charge in [0.2, 0.25) is 0 Å². The van der Waals surface area contributed by atoms with E-state index >= 15 is 0 Å². The van der Waals surface area contributed by atoms with Gasteiger partial charge in [-0.1, -0.05) is 23.2 Å². The quantitative estimate of drug-likeness (QED) is 0.568. The molecule has 8 heteroatoms. The van der Waals surface area contributed by atoms with Crippen LogP contribution in [0.15, 0.2) is 41.5 Å². The van der Waals surface area contributed by atoms with E-state index < -0.39 is 5.91 Å². The summed E-state index contributed by atoms with van der Waals surface area (Å²) in [4.78, 5) is 11.9. The van der Waals surface area contributed by atoms with E-state index in [2.05, 4.69) is 10.5 Å². The zero-order valence-corrected chi connectivity index (χ0v) is 16.0. The van der Waals surface area contributed by atoms with Crippen molar-refractivity contribution >= 4 is 34.8 Å². The number of rotatable bonds is 7. The van der Waals surface area contributed by atoms with Crippen LogP contribution >= 0.6 is 23.2 Å². The number of nitrogens with one attached hydrogen (secondary N) is 1. The number of amides is 1. The normalized spacial score (nSPS) is 11.0. The summed E-state index contributed by atoms with van der Waals surface area (Å²) in [5.74, 6) is 1.19. The zero-order valence-electron chi connectivity index (χ0n) is 14.5. The van der Waals surface area contributed by atoms with Crippen molar-refractivity contribution < 1.29 is 19.0 Å². The fourth-order valence-electron chi connectivity index (χ4n) is 2.07. The van der Waals surface area contributed by atoms with E-state index in [-0.39, 0.29) is 6.61 Å². The minimum absolute atomic E-state index is 0.238. The molecule has 2 aromatic rings. The van der Waals surface area contributed by atoms with Gasteiger partial charge in [0.15, 0.2) is 6.61 Å². The Balaban J connectivity index is 1.98. The Morgan fingerprint density at radius 1 is 1.08 bits per heavy atom. The molecule has 0 spiro atoms. The van der Waals surface area contributed by atoms with Crippen molar-refractivity contribution in [1.29, 1.82) is 0 Å². The van der Waals surface area contributed by atoms with E-state index in [9.17, 15) is 4.79 Å². The third-order valence-electron chi connectivity index (χ3n) is 3.40. The Kier molecular flexibility index (Phi) is 7.12. The fraction of sp³-hybridized carbons (Fsp3) is 0.222. The molecule has 0 heterocycles. The van der Waals surface area contributed by atoms with Crippen LogP contribution in [0, 0.1) is 0 Å². The highest BCUT2D eigenvalue weighted by molar-refractivity contribution is 6.35. The summed E-state index contributed by atoms with van der Waals surface area (Å²) in [5.41, 5.74) is 3.73. The maximum atomic E-state index is 11.9. The molecule has 2 rings (SSSR count). The zero-order chi connectivity index (χ0) is 19.1. The molecule has 0 aliphatic carbocycles. The Morgan fingerprint density at radius 2 is 1.85 bits per heavy atom. The average Bonchev–Trinajstić information content (AvgIpc) is 2.64. The van der Waals surface area contributed by atoms with Gasteiger partial charge in [-0.05, 0) is 37.3 Å². The highest BCUT2D eigenvalue weighted by Gasteiger charge is 2.10. The van der Waals surface area contributed by atoms with Crippen LogP contribution in [0.25, 0.3) is 0 Å². The van der Waals surface area contributed by atoms with Crippen molar-refractivity contribution in [2.45, 2.75) is 6.92 Å². The van der Waals surface area contributed by atoms with Crippen LogP contribution in [-0.4, -0.2) is 32.4 Å². The maximum absolute atomic E-state index is 11.9. The summed E-state index contributed by atoms with van der Waals surface area (Å²) in [7, 11) is 3.12. The fourth-order valence-corrected chi connectivity index (χ4v) is 2.53. The van der Waals surface area contributed by atoms with E-state index in [1.54, 1.807) is 51.5 Å². The first-order valence-corrected chi connectivity index (χ1v) is 8.33. The third kappa shape index (κ3) is 5.28. The molecule has 0 radical (unpaired) electrons. The standard InChI is InChI=1S/C18H18Cl2N2O4/c1-11(14-6-5-13(24-2)9-17(14)25-3)21-22-18(23)10-26-16-7-4-12(19)8-15(16)20/h4-9H,10H2,1-3H3,(H,22,23)/b21-11-. The van der Waals surface area contributed by atoms with Crippen LogP contribution in [0.2, 0.25) is 10.0 Å². The van der Waals surface area contributed by atoms with Gasteiger partial charge in [0, 0.05) is 16.7 Å². The van der Waals surface area contributed by atoms with Crippen molar-refractivity contribution in [3.05, 3.63) is 52.0 Å². The van der Waals surface area contributed by atoms with E-state index in [4.69, 9.17) is 37.4 Å². The molecule has 0 bridgehead atoms. The van der Waals surface area contributed by atoms with Crippen molar-refractivity contribution in [1.82, 2.24) is 5.43 Å². The highest BCUT2D eigenvalue weighted by atomic mass is 35.5. The van der Waals surface area contributed by atoms with Gasteiger partial charge in [-0.3, -0.25) is 4.79 Å². The molecule has 0 atom stereocenters. The largest absolute Gasteiger partial charge is 0.497 e. The topological polar surface area (TPSA) is 69.2 Å². The second-order valence-corrected chi connectivity index (χ2v) is 6.01. The SMILES string of the molecule is COc1ccc(/C(C)=N\NC(=O)COc2ccc(Cl)cc2Cl)c(OC)c1. The Bertz CT molecular complexity index is 825. The van der Waals surface area contributed by atoms with Crippen molar-refractivity contribution in [2.24, 2.45) is 5.10 Å². The molecule has 2 aromatic carbocycles. The molecule has 0 aliphatic heterocycles. The lowest BCUT2D eigenvalue weighted by atomic mass is 10.1. The molecule has 1 amide bonds. The van der Waals surface area contributed by atoms with E-state index in [0.717, 1.165) is 5.56 Å². The lowest BCUT2D eigenvalue weighted by Crippen LogP contribution is -2.25. The van der Waals surface area contributed by atoms with Gasteiger partial charge >= 0.3 is 0 Å². The van der Waals surface area contributed by atoms with Crippen molar-refractivity contribution in [2.75, 3.05) is 20.8 Å². The van der Waals surface area contributed by atoms with Gasteiger partial charge in [-0.15, -0.1) is 0 Å². The van der Waals surface area contributed by atoms with Gasteiger partial charge in [0.25, 0.3) is 5.91 Å². The first-order chi connectivity index (χ1) is 12.4. The van der Waals surface area contributed by atoms with E-state index in [0.29, 0.717) is 33.0 Å². The van der Waals surface area contributed by atoms with Crippen molar-refractivity contribution in [3.63, 3.8) is 0 Å². The average molecular weight is 397 g/mol. The van der Waals surface area contributed by atoms with Gasteiger partial charge in [-0.2, -0.15) is 5.10 Å². The summed E-state index contributed by atoms with van der Waals surface area (Å²) in [6, 6.07) is 10.1. The molecule has 0 aliphatic rings. The minimum Gasteiger partial charge on any atom is -0.497 e. The monoisotopic (exact) mass is 396 g/mol. The van der Waals surface area contributed by atoms with Crippen LogP contribution in [0.5, 0.6) is 17.2 Å². The first kappa shape index (κ1) is 19.9. The van der Waals surface area contributed by atoms with Crippen LogP contribution in [0.3, 0.4) is 0 Å². The van der Waals surface area contributed by atoms with Crippen LogP contribution in [0.4, 0.5) is 0 Å². The number of hydrogen-bond acceptors (Lipinski definition) is 5. The number of carbonyl (C=O) groups excluding carboxylic acids is 1. The molecule has 0 saturated heterocycles. The number of hydrazone groups is 1. The van der Waals surface area contributed by atoms with Crippen LogP contribution in [-0.2, 0) is 4.79 Å². The number of benzene rings is 2. The number of carbonyl (C=O) groups is 1. The summed E-state index contributed by atoms with van der Waals surface area (Å²) < 4.78 is 15.8. The van der Waals surface area contributed by atoms with Gasteiger partial charge < -0.3 is 14.2 Å². The van der Waals surface area contributed by atoms with Gasteiger partial charge in [0.1, 0.15) is 17.2 Å². The Hall–Kier alpha value is -2.44. The summed E-state index contributed by atoms with van der Waals surface area (Å²) >= 11 is 11.8. The van der Waals surface area contributed by atoms with Gasteiger partial charge in [0.05, 0.1) is 25.0 Å². The summed E-state index contributed by atoms with van der Waals surface area (Å²) in [6.45, 7) is 1.51. The second-order valence-electron chi connectivity index (χ2n) is 5.16. The van der Waals surface area contributed by atoms with Crippen molar-refractivity contribution in [3.8, 4) is 17.2 Å². The van der Waals surface area contributed by atoms with Crippen LogP contribution in [0.1, 0.15) is 12.5 Å². The Morgan fingerprint density at radius 3 is 2.50 bits per heavy atom. The predicted molar refractivity (Wildman–Crippen MR) is 102 cm³/mol. The molecule has 6 nitrogen and oxygen atoms in total. The highest BCUT2D eigenvalue weighted by Crippen LogP contribution is 2.27. The molecule has 0 fully saturated rings. The minimum atomic E-state index is -0.428. The molecular weight excluding hydrogens is 379 g/mol. The Labute approximate surface area is 161 Å². The second kappa shape index (κ2) is 9.31. The lowest BCUT2D eigenvalue weighted by Gasteiger charge is -2.10. The number of hydrogen-bond donors (Lipinski definition) is 1. The van der Waals surface area contributed by atoms with Gasteiger partial charge in [-0.25, -0.2) is 5.43 Å². The maximum Gasteiger partial charge on any atom is 0.277 e. The summed E-state index contributed by atoms with van der Waals surface area (Å²) in [5, 5.41) is 4.88. The molecule has 138 valence electrons. The van der Waals surface area contributed by atoms with E-state index in [1.807, 2.05) is 0 Å².